The van der Waals surface area contributed by atoms with E-state index < -0.39 is 11.7 Å². The van der Waals surface area contributed by atoms with E-state index in [1.54, 1.807) is 16.8 Å². The first-order valence-electron chi connectivity index (χ1n) is 9.08. The Labute approximate surface area is 184 Å². The third kappa shape index (κ3) is 4.59. The number of halogens is 4. The van der Waals surface area contributed by atoms with Crippen molar-refractivity contribution in [3.8, 4) is 0 Å². The summed E-state index contributed by atoms with van der Waals surface area (Å²) < 4.78 is 42.0. The lowest BCUT2D eigenvalue weighted by molar-refractivity contribution is -0.137. The van der Waals surface area contributed by atoms with Crippen LogP contribution in [0.4, 0.5) is 18.9 Å². The average molecular weight is 465 g/mol. The van der Waals surface area contributed by atoms with Crippen molar-refractivity contribution >= 4 is 34.8 Å². The number of thioether (sulfide) groups is 1. The predicted molar refractivity (Wildman–Crippen MR) is 113 cm³/mol. The highest BCUT2D eigenvalue weighted by Crippen LogP contribution is 2.30. The van der Waals surface area contributed by atoms with Crippen molar-refractivity contribution in [2.75, 3.05) is 6.26 Å². The molecular formula is C20H16ClF3N6S. The molecule has 3 heterocycles. The van der Waals surface area contributed by atoms with Crippen LogP contribution < -0.4 is 5.49 Å². The molecule has 160 valence electrons. The van der Waals surface area contributed by atoms with E-state index in [1.165, 1.54) is 23.9 Å². The van der Waals surface area contributed by atoms with E-state index in [4.69, 9.17) is 11.6 Å². The number of nitrogens with zero attached hydrogens (tertiary/aromatic N) is 6. The third-order valence-corrected chi connectivity index (χ3v) is 5.30. The molecule has 6 nitrogen and oxygen atoms in total. The molecule has 0 saturated carbocycles. The van der Waals surface area contributed by atoms with Gasteiger partial charge in [-0.05, 0) is 49.1 Å². The predicted octanol–water partition coefficient (Wildman–Crippen LogP) is 4.91. The van der Waals surface area contributed by atoms with Crippen molar-refractivity contribution in [2.45, 2.75) is 24.8 Å². The van der Waals surface area contributed by atoms with Crippen molar-refractivity contribution in [3.05, 3.63) is 76.1 Å². The molecule has 4 aromatic rings. The van der Waals surface area contributed by atoms with Crippen molar-refractivity contribution in [1.82, 2.24) is 24.1 Å². The highest BCUT2D eigenvalue weighted by molar-refractivity contribution is 7.98. The van der Waals surface area contributed by atoms with Gasteiger partial charge in [-0.25, -0.2) is 9.98 Å². The summed E-state index contributed by atoms with van der Waals surface area (Å²) in [6, 6.07) is 10.1. The Kier molecular flexibility index (Phi) is 5.76. The molecule has 0 atom stereocenters. The molecule has 4 rings (SSSR count). The van der Waals surface area contributed by atoms with E-state index in [0.29, 0.717) is 33.8 Å². The number of fused-ring (bicyclic) bond motifs is 1. The Morgan fingerprint density at radius 2 is 1.87 bits per heavy atom. The first kappa shape index (κ1) is 21.4. The molecule has 0 aliphatic rings. The number of alkyl halides is 3. The summed E-state index contributed by atoms with van der Waals surface area (Å²) in [7, 11) is 0. The summed E-state index contributed by atoms with van der Waals surface area (Å²) in [6.45, 7) is 2.40. The lowest BCUT2D eigenvalue weighted by Crippen LogP contribution is -2.22. The zero-order chi connectivity index (χ0) is 22.2. The summed E-state index contributed by atoms with van der Waals surface area (Å²) in [5.41, 5.74) is 1.91. The van der Waals surface area contributed by atoms with Crippen LogP contribution in [0.15, 0.2) is 58.8 Å². The summed E-state index contributed by atoms with van der Waals surface area (Å²) in [4.78, 5) is 13.2. The minimum atomic E-state index is -4.39. The Bertz CT molecular complexity index is 1290. The van der Waals surface area contributed by atoms with Crippen LogP contribution in [-0.4, -0.2) is 30.4 Å². The number of hydrogen-bond acceptors (Lipinski definition) is 5. The van der Waals surface area contributed by atoms with E-state index in [2.05, 4.69) is 20.1 Å². The normalized spacial score (nSPS) is 12.6. The molecule has 0 saturated heterocycles. The molecular weight excluding hydrogens is 449 g/mol. The maximum Gasteiger partial charge on any atom is 0.416 e. The van der Waals surface area contributed by atoms with Gasteiger partial charge in [-0.3, -0.25) is 0 Å². The van der Waals surface area contributed by atoms with Crippen molar-refractivity contribution < 1.29 is 13.2 Å². The highest BCUT2D eigenvalue weighted by atomic mass is 35.5. The minimum absolute atomic E-state index is 0.384. The van der Waals surface area contributed by atoms with Crippen molar-refractivity contribution in [1.29, 1.82) is 0 Å². The van der Waals surface area contributed by atoms with E-state index in [0.717, 1.165) is 23.4 Å². The molecule has 0 amide bonds. The van der Waals surface area contributed by atoms with Gasteiger partial charge in [0.05, 0.1) is 17.8 Å². The van der Waals surface area contributed by atoms with E-state index in [1.807, 2.05) is 29.9 Å². The van der Waals surface area contributed by atoms with Gasteiger partial charge in [0, 0.05) is 18.0 Å². The van der Waals surface area contributed by atoms with E-state index in [9.17, 15) is 13.2 Å². The Morgan fingerprint density at radius 3 is 2.48 bits per heavy atom. The second-order valence-electron chi connectivity index (χ2n) is 6.69. The van der Waals surface area contributed by atoms with Gasteiger partial charge in [0.1, 0.15) is 5.15 Å². The monoisotopic (exact) mass is 464 g/mol. The van der Waals surface area contributed by atoms with Gasteiger partial charge in [-0.1, -0.05) is 29.4 Å². The van der Waals surface area contributed by atoms with Gasteiger partial charge in [0.25, 0.3) is 0 Å². The lowest BCUT2D eigenvalue weighted by atomic mass is 10.2. The Hall–Kier alpha value is -2.85. The lowest BCUT2D eigenvalue weighted by Gasteiger charge is -2.12. The summed E-state index contributed by atoms with van der Waals surface area (Å²) in [6.07, 6.45) is -0.838. The molecule has 0 bridgehead atoms. The largest absolute Gasteiger partial charge is 0.416 e. The SMILES string of the molecule is CSc1nc2n(Cc3ccc(Cl)nc3)c(C)cc(=Nc3ccc(C(F)(F)F)cc3)n2n1. The molecule has 0 radical (unpaired) electrons. The average Bonchev–Trinajstić information content (AvgIpc) is 3.17. The molecule has 0 fully saturated rings. The van der Waals surface area contributed by atoms with Gasteiger partial charge >= 0.3 is 6.18 Å². The molecule has 0 aliphatic carbocycles. The maximum atomic E-state index is 12.8. The minimum Gasteiger partial charge on any atom is -0.310 e. The number of aromatic nitrogens is 5. The van der Waals surface area contributed by atoms with Crippen LogP contribution >= 0.6 is 23.4 Å². The number of hydrogen-bond donors (Lipinski definition) is 0. The van der Waals surface area contributed by atoms with Gasteiger partial charge in [0.15, 0.2) is 5.49 Å². The standard InChI is InChI=1S/C20H16ClF3N6S/c1-12-9-17(26-15-6-4-14(5-7-15)20(22,23)24)30-19(27-18(28-30)31-2)29(12)11-13-3-8-16(21)25-10-13/h3-10H,11H2,1-2H3. The molecule has 31 heavy (non-hydrogen) atoms. The Morgan fingerprint density at radius 1 is 1.13 bits per heavy atom. The zero-order valence-electron chi connectivity index (χ0n) is 16.4. The van der Waals surface area contributed by atoms with Crippen LogP contribution in [-0.2, 0) is 12.7 Å². The van der Waals surface area contributed by atoms with E-state index >= 15 is 0 Å². The van der Waals surface area contributed by atoms with Crippen LogP contribution in [0.1, 0.15) is 16.8 Å². The topological polar surface area (TPSA) is 60.4 Å². The number of pyridine rings is 1. The van der Waals surface area contributed by atoms with Crippen LogP contribution in [0.5, 0.6) is 0 Å². The number of rotatable bonds is 4. The molecule has 11 heteroatoms. The second kappa shape index (κ2) is 8.35. The van der Waals surface area contributed by atoms with Gasteiger partial charge in [-0.15, -0.1) is 5.10 Å². The van der Waals surface area contributed by atoms with Crippen LogP contribution in [0.25, 0.3) is 5.78 Å². The molecule has 0 unspecified atom stereocenters. The van der Waals surface area contributed by atoms with Crippen LogP contribution in [0, 0.1) is 6.92 Å². The molecule has 1 aromatic carbocycles. The summed E-state index contributed by atoms with van der Waals surface area (Å²) >= 11 is 7.26. The first-order chi connectivity index (χ1) is 14.7. The fraction of sp³-hybridized carbons (Fsp3) is 0.200. The van der Waals surface area contributed by atoms with Crippen LogP contribution in [0.2, 0.25) is 5.15 Å². The quantitative estimate of drug-likeness (QED) is 0.318. The second-order valence-corrected chi connectivity index (χ2v) is 7.85. The Balaban J connectivity index is 1.83. The maximum absolute atomic E-state index is 12.8. The highest BCUT2D eigenvalue weighted by Gasteiger charge is 2.29. The van der Waals surface area contributed by atoms with Gasteiger partial charge in [0.2, 0.25) is 10.9 Å². The fourth-order valence-electron chi connectivity index (χ4n) is 3.00. The van der Waals surface area contributed by atoms with Crippen molar-refractivity contribution in [2.24, 2.45) is 4.99 Å². The molecule has 0 N–H and O–H groups in total. The van der Waals surface area contributed by atoms with E-state index in [-0.39, 0.29) is 0 Å². The van der Waals surface area contributed by atoms with Crippen LogP contribution in [0.3, 0.4) is 0 Å². The third-order valence-electron chi connectivity index (χ3n) is 4.54. The van der Waals surface area contributed by atoms with Crippen molar-refractivity contribution in [3.63, 3.8) is 0 Å². The van der Waals surface area contributed by atoms with Gasteiger partial charge < -0.3 is 4.57 Å². The fourth-order valence-corrected chi connectivity index (χ4v) is 3.45. The smallest absolute Gasteiger partial charge is 0.310 e. The first-order valence-corrected chi connectivity index (χ1v) is 10.7. The molecule has 3 aromatic heterocycles. The molecule has 0 spiro atoms. The zero-order valence-corrected chi connectivity index (χ0v) is 18.0. The van der Waals surface area contributed by atoms with Gasteiger partial charge in [-0.2, -0.15) is 22.7 Å². The number of benzene rings is 1. The number of aryl methyl sites for hydroxylation is 1. The molecule has 0 aliphatic heterocycles. The summed E-state index contributed by atoms with van der Waals surface area (Å²) in [5, 5.41) is 5.44. The summed E-state index contributed by atoms with van der Waals surface area (Å²) in [5.74, 6) is 0.560.